The van der Waals surface area contributed by atoms with Crippen molar-refractivity contribution in [3.63, 3.8) is 0 Å². The van der Waals surface area contributed by atoms with Crippen LogP contribution in [0, 0.1) is 0 Å². The standard InChI is InChI=1S/C26H28N2O7S/c1-5-32-21-13-17(11-12-20(21)35-16-23(29)33-6-2)14-22-24(30)28(4)26(36-22)27-19-10-8-9-18(15-19)25(31)34-7-3/h8-15H,5-7,16H2,1-4H3. The third-order valence-corrected chi connectivity index (χ3v) is 5.86. The van der Waals surface area contributed by atoms with Crippen molar-refractivity contribution in [2.45, 2.75) is 20.8 Å². The van der Waals surface area contributed by atoms with Crippen molar-refractivity contribution in [3.8, 4) is 11.5 Å². The van der Waals surface area contributed by atoms with Crippen LogP contribution in [-0.2, 0) is 19.1 Å². The number of rotatable bonds is 10. The fraction of sp³-hybridized carbons (Fsp3) is 0.308. The van der Waals surface area contributed by atoms with Crippen LogP contribution in [-0.4, -0.2) is 61.4 Å². The van der Waals surface area contributed by atoms with Crippen molar-refractivity contribution < 1.29 is 33.3 Å². The van der Waals surface area contributed by atoms with Crippen LogP contribution in [0.25, 0.3) is 6.08 Å². The number of ether oxygens (including phenoxy) is 4. The summed E-state index contributed by atoms with van der Waals surface area (Å²) < 4.78 is 21.1. The molecule has 1 fully saturated rings. The van der Waals surface area contributed by atoms with Crippen LogP contribution in [0.3, 0.4) is 0 Å². The Bertz CT molecular complexity index is 1190. The van der Waals surface area contributed by atoms with Gasteiger partial charge in [-0.15, -0.1) is 0 Å². The van der Waals surface area contributed by atoms with E-state index in [2.05, 4.69) is 4.99 Å². The topological polar surface area (TPSA) is 104 Å². The summed E-state index contributed by atoms with van der Waals surface area (Å²) in [5.74, 6) is -0.256. The van der Waals surface area contributed by atoms with Gasteiger partial charge in [-0.2, -0.15) is 0 Å². The lowest BCUT2D eigenvalue weighted by Crippen LogP contribution is -2.23. The molecule has 0 saturated carbocycles. The van der Waals surface area contributed by atoms with Crippen molar-refractivity contribution >= 4 is 46.5 Å². The Morgan fingerprint density at radius 2 is 1.75 bits per heavy atom. The molecule has 36 heavy (non-hydrogen) atoms. The van der Waals surface area contributed by atoms with Crippen LogP contribution in [0.15, 0.2) is 52.4 Å². The Morgan fingerprint density at radius 3 is 2.47 bits per heavy atom. The highest BCUT2D eigenvalue weighted by Gasteiger charge is 2.30. The van der Waals surface area contributed by atoms with Gasteiger partial charge >= 0.3 is 11.9 Å². The molecule has 0 spiro atoms. The number of amidine groups is 1. The van der Waals surface area contributed by atoms with E-state index in [9.17, 15) is 14.4 Å². The predicted octanol–water partition coefficient (Wildman–Crippen LogP) is 4.44. The van der Waals surface area contributed by atoms with E-state index >= 15 is 0 Å². The fourth-order valence-electron chi connectivity index (χ4n) is 3.17. The highest BCUT2D eigenvalue weighted by Crippen LogP contribution is 2.35. The highest BCUT2D eigenvalue weighted by atomic mass is 32.2. The van der Waals surface area contributed by atoms with E-state index < -0.39 is 11.9 Å². The zero-order valence-electron chi connectivity index (χ0n) is 20.6. The van der Waals surface area contributed by atoms with Gasteiger partial charge in [-0.1, -0.05) is 12.1 Å². The van der Waals surface area contributed by atoms with Crippen LogP contribution < -0.4 is 9.47 Å². The zero-order valence-corrected chi connectivity index (χ0v) is 21.4. The van der Waals surface area contributed by atoms with Gasteiger partial charge in [-0.3, -0.25) is 9.69 Å². The van der Waals surface area contributed by atoms with E-state index in [0.717, 1.165) is 5.56 Å². The molecule has 3 rings (SSSR count). The number of carbonyl (C=O) groups is 3. The van der Waals surface area contributed by atoms with Crippen molar-refractivity contribution in [2.75, 3.05) is 33.5 Å². The van der Waals surface area contributed by atoms with Crippen LogP contribution in [0.1, 0.15) is 36.7 Å². The molecule has 0 unspecified atom stereocenters. The number of amides is 1. The molecule has 0 bridgehead atoms. The van der Waals surface area contributed by atoms with Crippen molar-refractivity contribution in [2.24, 2.45) is 4.99 Å². The SMILES string of the molecule is CCOC(=O)COc1ccc(C=C2SC(=Nc3cccc(C(=O)OCC)c3)N(C)C2=O)cc1OCC. The monoisotopic (exact) mass is 512 g/mol. The summed E-state index contributed by atoms with van der Waals surface area (Å²) in [7, 11) is 1.64. The third-order valence-electron chi connectivity index (χ3n) is 4.80. The van der Waals surface area contributed by atoms with Gasteiger partial charge in [0.15, 0.2) is 23.3 Å². The molecule has 1 aliphatic rings. The van der Waals surface area contributed by atoms with Crippen LogP contribution in [0.5, 0.6) is 11.5 Å². The molecule has 0 N–H and O–H groups in total. The number of likely N-dealkylation sites (N-methyl/N-ethyl adjacent to an activating group) is 1. The second-order valence-electron chi connectivity index (χ2n) is 7.37. The Morgan fingerprint density at radius 1 is 0.972 bits per heavy atom. The van der Waals surface area contributed by atoms with Gasteiger partial charge in [0.1, 0.15) is 0 Å². The molecule has 2 aromatic rings. The number of hydrogen-bond donors (Lipinski definition) is 0. The second kappa shape index (κ2) is 12.8. The number of carbonyl (C=O) groups excluding carboxylic acids is 3. The molecular formula is C26H28N2O7S. The summed E-state index contributed by atoms with van der Waals surface area (Å²) in [6.45, 7) is 6.02. The number of hydrogen-bond acceptors (Lipinski definition) is 9. The number of esters is 2. The number of benzene rings is 2. The lowest BCUT2D eigenvalue weighted by molar-refractivity contribution is -0.145. The van der Waals surface area contributed by atoms with Gasteiger partial charge in [0.05, 0.1) is 36.0 Å². The van der Waals surface area contributed by atoms with Crippen molar-refractivity contribution in [3.05, 3.63) is 58.5 Å². The predicted molar refractivity (Wildman–Crippen MR) is 138 cm³/mol. The Kier molecular flexibility index (Phi) is 9.52. The first kappa shape index (κ1) is 26.8. The molecule has 10 heteroatoms. The first-order chi connectivity index (χ1) is 17.4. The molecular weight excluding hydrogens is 484 g/mol. The molecule has 0 aromatic heterocycles. The van der Waals surface area contributed by atoms with E-state index in [-0.39, 0.29) is 25.7 Å². The highest BCUT2D eigenvalue weighted by molar-refractivity contribution is 8.18. The summed E-state index contributed by atoms with van der Waals surface area (Å²) in [5.41, 5.74) is 1.64. The quantitative estimate of drug-likeness (QED) is 0.340. The molecule has 9 nitrogen and oxygen atoms in total. The van der Waals surface area contributed by atoms with Crippen molar-refractivity contribution in [1.82, 2.24) is 4.90 Å². The molecule has 1 heterocycles. The van der Waals surface area contributed by atoms with Gasteiger partial charge in [0, 0.05) is 7.05 Å². The van der Waals surface area contributed by atoms with E-state index in [0.29, 0.717) is 39.4 Å². The van der Waals surface area contributed by atoms with Gasteiger partial charge in [0.25, 0.3) is 5.91 Å². The largest absolute Gasteiger partial charge is 0.490 e. The third kappa shape index (κ3) is 6.88. The summed E-state index contributed by atoms with van der Waals surface area (Å²) in [6.07, 6.45) is 1.73. The molecule has 1 saturated heterocycles. The lowest BCUT2D eigenvalue weighted by Gasteiger charge is -2.12. The summed E-state index contributed by atoms with van der Waals surface area (Å²) in [4.78, 5) is 43.0. The second-order valence-corrected chi connectivity index (χ2v) is 8.38. The molecule has 0 radical (unpaired) electrons. The van der Waals surface area contributed by atoms with E-state index in [4.69, 9.17) is 18.9 Å². The average molecular weight is 513 g/mol. The Balaban J connectivity index is 1.81. The minimum atomic E-state index is -0.471. The maximum absolute atomic E-state index is 12.9. The molecule has 1 aliphatic heterocycles. The minimum Gasteiger partial charge on any atom is -0.490 e. The maximum Gasteiger partial charge on any atom is 0.344 e. The lowest BCUT2D eigenvalue weighted by atomic mass is 10.2. The molecule has 0 aliphatic carbocycles. The molecule has 0 atom stereocenters. The van der Waals surface area contributed by atoms with Crippen molar-refractivity contribution in [1.29, 1.82) is 0 Å². The average Bonchev–Trinajstić information content (AvgIpc) is 3.12. The Hall–Kier alpha value is -3.79. The first-order valence-corrected chi connectivity index (χ1v) is 12.3. The zero-order chi connectivity index (χ0) is 26.1. The van der Waals surface area contributed by atoms with Gasteiger partial charge in [0.2, 0.25) is 0 Å². The van der Waals surface area contributed by atoms with Gasteiger partial charge < -0.3 is 18.9 Å². The maximum atomic E-state index is 12.9. The minimum absolute atomic E-state index is 0.208. The number of thioether (sulfide) groups is 1. The number of nitrogens with zero attached hydrogens (tertiary/aromatic N) is 2. The Labute approximate surface area is 214 Å². The molecule has 190 valence electrons. The van der Waals surface area contributed by atoms with E-state index in [1.54, 1.807) is 69.4 Å². The van der Waals surface area contributed by atoms with Crippen LogP contribution in [0.4, 0.5) is 5.69 Å². The van der Waals surface area contributed by atoms with Crippen LogP contribution >= 0.6 is 11.8 Å². The van der Waals surface area contributed by atoms with E-state index in [1.807, 2.05) is 6.92 Å². The summed E-state index contributed by atoms with van der Waals surface area (Å²) in [6, 6.07) is 11.9. The normalized spacial score (nSPS) is 15.3. The van der Waals surface area contributed by atoms with E-state index in [1.165, 1.54) is 16.7 Å². The molecule has 2 aromatic carbocycles. The fourth-order valence-corrected chi connectivity index (χ4v) is 4.16. The van der Waals surface area contributed by atoms with Crippen LogP contribution in [0.2, 0.25) is 0 Å². The van der Waals surface area contributed by atoms with Gasteiger partial charge in [-0.25, -0.2) is 14.6 Å². The summed E-state index contributed by atoms with van der Waals surface area (Å²) >= 11 is 1.22. The smallest absolute Gasteiger partial charge is 0.344 e. The molecule has 1 amide bonds. The number of aliphatic imine (C=N–C) groups is 1. The van der Waals surface area contributed by atoms with Gasteiger partial charge in [-0.05, 0) is 74.5 Å². The summed E-state index contributed by atoms with van der Waals surface area (Å²) in [5, 5.41) is 0.478. The first-order valence-electron chi connectivity index (χ1n) is 11.4.